The topological polar surface area (TPSA) is 55.6 Å². The Hall–Kier alpha value is -1.97. The summed E-state index contributed by atoms with van der Waals surface area (Å²) in [6.45, 7) is 11.4. The predicted octanol–water partition coefficient (Wildman–Crippen LogP) is 2.83. The molecule has 0 spiro atoms. The number of likely N-dealkylation sites (tertiary alicyclic amines) is 1. The summed E-state index contributed by atoms with van der Waals surface area (Å²) in [5.41, 5.74) is 6.84. The Morgan fingerprint density at radius 3 is 2.41 bits per heavy atom. The molecule has 0 atom stereocenters. The molecule has 0 aromatic heterocycles. The number of nitrogens with two attached hydrogens (primary N) is 1. The van der Waals surface area contributed by atoms with Crippen molar-refractivity contribution in [1.82, 2.24) is 4.90 Å². The van der Waals surface area contributed by atoms with Gasteiger partial charge < -0.3 is 15.4 Å². The van der Waals surface area contributed by atoms with E-state index in [1.54, 1.807) is 4.90 Å². The minimum Gasteiger partial charge on any atom is -0.490 e. The van der Waals surface area contributed by atoms with Crippen molar-refractivity contribution in [1.29, 1.82) is 0 Å². The zero-order valence-corrected chi connectivity index (χ0v) is 13.8. The second-order valence-corrected chi connectivity index (χ2v) is 6.88. The van der Waals surface area contributed by atoms with Crippen LogP contribution in [0.3, 0.4) is 0 Å². The third kappa shape index (κ3) is 3.81. The van der Waals surface area contributed by atoms with Crippen LogP contribution in [-0.2, 0) is 10.2 Å². The maximum absolute atomic E-state index is 11.8. The van der Waals surface area contributed by atoms with E-state index in [1.165, 1.54) is 5.56 Å². The van der Waals surface area contributed by atoms with Crippen molar-refractivity contribution < 1.29 is 9.53 Å². The number of ether oxygens (including phenoxy) is 1. The summed E-state index contributed by atoms with van der Waals surface area (Å²) in [6, 6.07) is 8.19. The molecule has 0 bridgehead atoms. The average Bonchev–Trinajstić information content (AvgIpc) is 2.46. The molecule has 0 saturated carbocycles. The number of carbonyl (C=O) groups excluding carboxylic acids is 1. The van der Waals surface area contributed by atoms with Gasteiger partial charge in [0.1, 0.15) is 11.9 Å². The standard InChI is InChI=1S/C18H26N2O2/c1-13(19)17(21)20-11-9-14(10-12-20)22-16-8-6-5-7-15(16)18(2,3)4/h5-8,14H,1,9-12,19H2,2-4H3. The molecule has 1 fully saturated rings. The van der Waals surface area contributed by atoms with E-state index >= 15 is 0 Å². The van der Waals surface area contributed by atoms with Crippen LogP contribution in [-0.4, -0.2) is 30.0 Å². The normalized spacial score (nSPS) is 16.4. The van der Waals surface area contributed by atoms with Gasteiger partial charge in [0.2, 0.25) is 0 Å². The Kier molecular flexibility index (Phi) is 4.79. The molecule has 1 amide bonds. The van der Waals surface area contributed by atoms with Gasteiger partial charge >= 0.3 is 0 Å². The van der Waals surface area contributed by atoms with Crippen molar-refractivity contribution >= 4 is 5.91 Å². The monoisotopic (exact) mass is 302 g/mol. The van der Waals surface area contributed by atoms with E-state index in [9.17, 15) is 4.79 Å². The molecule has 0 radical (unpaired) electrons. The smallest absolute Gasteiger partial charge is 0.269 e. The first-order valence-corrected chi connectivity index (χ1v) is 7.79. The summed E-state index contributed by atoms with van der Waals surface area (Å²) in [7, 11) is 0. The van der Waals surface area contributed by atoms with Crippen LogP contribution in [0.15, 0.2) is 36.5 Å². The Bertz CT molecular complexity index is 552. The molecule has 0 aliphatic carbocycles. The van der Waals surface area contributed by atoms with Gasteiger partial charge in [-0.15, -0.1) is 0 Å². The number of rotatable bonds is 3. The van der Waals surface area contributed by atoms with Crippen LogP contribution in [0, 0.1) is 0 Å². The number of hydrogen-bond acceptors (Lipinski definition) is 3. The molecule has 1 aliphatic rings. The maximum Gasteiger partial charge on any atom is 0.269 e. The third-order valence-electron chi connectivity index (χ3n) is 3.99. The summed E-state index contributed by atoms with van der Waals surface area (Å²) in [5.74, 6) is 0.788. The molecule has 1 aromatic carbocycles. The van der Waals surface area contributed by atoms with Gasteiger partial charge in [-0.1, -0.05) is 45.5 Å². The number of piperidine rings is 1. The van der Waals surface area contributed by atoms with Crippen molar-refractivity contribution in [2.24, 2.45) is 5.73 Å². The molecule has 1 saturated heterocycles. The summed E-state index contributed by atoms with van der Waals surface area (Å²) in [6.07, 6.45) is 1.77. The molecule has 0 unspecified atom stereocenters. The molecule has 2 N–H and O–H groups in total. The van der Waals surface area contributed by atoms with Crippen molar-refractivity contribution in [3.63, 3.8) is 0 Å². The first-order chi connectivity index (χ1) is 10.3. The zero-order valence-electron chi connectivity index (χ0n) is 13.8. The summed E-state index contributed by atoms with van der Waals surface area (Å²) >= 11 is 0. The van der Waals surface area contributed by atoms with Gasteiger partial charge in [-0.2, -0.15) is 0 Å². The second kappa shape index (κ2) is 6.42. The SMILES string of the molecule is C=C(N)C(=O)N1CCC(Oc2ccccc2C(C)(C)C)CC1. The number of amides is 1. The number of para-hydroxylation sites is 1. The van der Waals surface area contributed by atoms with E-state index in [-0.39, 0.29) is 23.1 Å². The van der Waals surface area contributed by atoms with Gasteiger partial charge in [0.05, 0.1) is 5.70 Å². The van der Waals surface area contributed by atoms with Crippen molar-refractivity contribution in [3.8, 4) is 5.75 Å². The highest BCUT2D eigenvalue weighted by molar-refractivity contribution is 5.91. The zero-order chi connectivity index (χ0) is 16.3. The fraction of sp³-hybridized carbons (Fsp3) is 0.500. The fourth-order valence-electron chi connectivity index (χ4n) is 2.75. The Morgan fingerprint density at radius 1 is 1.27 bits per heavy atom. The van der Waals surface area contributed by atoms with Gasteiger partial charge in [0, 0.05) is 25.9 Å². The van der Waals surface area contributed by atoms with E-state index in [2.05, 4.69) is 33.4 Å². The van der Waals surface area contributed by atoms with E-state index in [1.807, 2.05) is 18.2 Å². The highest BCUT2D eigenvalue weighted by atomic mass is 16.5. The largest absolute Gasteiger partial charge is 0.490 e. The van der Waals surface area contributed by atoms with Gasteiger partial charge in [0.25, 0.3) is 5.91 Å². The van der Waals surface area contributed by atoms with Gasteiger partial charge in [-0.3, -0.25) is 4.79 Å². The molecule has 4 heteroatoms. The van der Waals surface area contributed by atoms with E-state index < -0.39 is 0 Å². The molecule has 2 rings (SSSR count). The molecular weight excluding hydrogens is 276 g/mol. The highest BCUT2D eigenvalue weighted by Gasteiger charge is 2.26. The first kappa shape index (κ1) is 16.4. The first-order valence-electron chi connectivity index (χ1n) is 7.79. The van der Waals surface area contributed by atoms with E-state index in [0.29, 0.717) is 13.1 Å². The maximum atomic E-state index is 11.8. The Labute approximate surface area is 132 Å². The quantitative estimate of drug-likeness (QED) is 0.874. The van der Waals surface area contributed by atoms with Crippen LogP contribution in [0.4, 0.5) is 0 Å². The number of nitrogens with zero attached hydrogens (tertiary/aromatic N) is 1. The molecule has 1 aromatic rings. The van der Waals surface area contributed by atoms with Crippen molar-refractivity contribution in [3.05, 3.63) is 42.1 Å². The van der Waals surface area contributed by atoms with Crippen LogP contribution in [0.1, 0.15) is 39.2 Å². The average molecular weight is 302 g/mol. The van der Waals surface area contributed by atoms with Gasteiger partial charge in [0.15, 0.2) is 0 Å². The molecule has 22 heavy (non-hydrogen) atoms. The lowest BCUT2D eigenvalue weighted by atomic mass is 9.86. The van der Waals surface area contributed by atoms with Crippen molar-refractivity contribution in [2.45, 2.75) is 45.1 Å². The fourth-order valence-corrected chi connectivity index (χ4v) is 2.75. The summed E-state index contributed by atoms with van der Waals surface area (Å²) in [4.78, 5) is 13.6. The van der Waals surface area contributed by atoms with Crippen LogP contribution in [0.5, 0.6) is 5.75 Å². The lowest BCUT2D eigenvalue weighted by Gasteiger charge is -2.33. The Morgan fingerprint density at radius 2 is 1.86 bits per heavy atom. The predicted molar refractivity (Wildman–Crippen MR) is 88.7 cm³/mol. The lowest BCUT2D eigenvalue weighted by Crippen LogP contribution is -2.43. The summed E-state index contributed by atoms with van der Waals surface area (Å²) < 4.78 is 6.21. The number of hydrogen-bond donors (Lipinski definition) is 1. The molecule has 1 heterocycles. The minimum absolute atomic E-state index is 0.0462. The molecule has 4 nitrogen and oxygen atoms in total. The van der Waals surface area contributed by atoms with Crippen LogP contribution < -0.4 is 10.5 Å². The van der Waals surface area contributed by atoms with Crippen LogP contribution in [0.2, 0.25) is 0 Å². The molecule has 1 aliphatic heterocycles. The van der Waals surface area contributed by atoms with Crippen molar-refractivity contribution in [2.75, 3.05) is 13.1 Å². The Balaban J connectivity index is 2.00. The number of carbonyl (C=O) groups is 1. The lowest BCUT2D eigenvalue weighted by molar-refractivity contribution is -0.128. The van der Waals surface area contributed by atoms with E-state index in [4.69, 9.17) is 10.5 Å². The third-order valence-corrected chi connectivity index (χ3v) is 3.99. The van der Waals surface area contributed by atoms with E-state index in [0.717, 1.165) is 18.6 Å². The van der Waals surface area contributed by atoms with Gasteiger partial charge in [-0.05, 0) is 17.0 Å². The summed E-state index contributed by atoms with van der Waals surface area (Å²) in [5, 5.41) is 0. The minimum atomic E-state index is -0.159. The van der Waals surface area contributed by atoms with Crippen LogP contribution >= 0.6 is 0 Å². The van der Waals surface area contributed by atoms with Crippen LogP contribution in [0.25, 0.3) is 0 Å². The molecule has 120 valence electrons. The second-order valence-electron chi connectivity index (χ2n) is 6.88. The highest BCUT2D eigenvalue weighted by Crippen LogP contribution is 2.32. The van der Waals surface area contributed by atoms with Gasteiger partial charge in [-0.25, -0.2) is 0 Å². The number of benzene rings is 1. The molecular formula is C18H26N2O2.